The van der Waals surface area contributed by atoms with Gasteiger partial charge in [0, 0.05) is 50.7 Å². The van der Waals surface area contributed by atoms with Gasteiger partial charge in [-0.2, -0.15) is 0 Å². The standard InChI is InChI=1S/C30H46O4.C27H38O5.C17H28O.3C10H14O/c1-12-21(2)22-13-15-24(16-14-22)33-17-18-34-27-25(28(3,4)5)19-23(29(6,7)31-10)20-26(27)30(8,9)32-11;1-9-19(2)20-13-15-21(16-14-20)31-18-17-24(28)32-25-22(26(3,4)29-7)11-10-12-23(25)27(5,6)30-8;1-7-14(6)15-8-10-16(11-9-15)17(18,12(2)3)13(4)5;3*1-3-8(2)9-4-6-10(11)7-5-9/h13-16,19-21H,12,17-18H2,1-11H3;10-16,19H,9,17-18H2,1-8H3;8-14,18H,7H2,1-6H3;3*4-8,11H,3H2,1-2H3. The fourth-order valence-corrected chi connectivity index (χ4v) is 12.9. The first-order valence-electron chi connectivity index (χ1n) is 42.9. The van der Waals surface area contributed by atoms with Crippen LogP contribution in [0.1, 0.15) is 334 Å². The molecule has 8 aromatic rings. The normalized spacial score (nSPS) is 13.4. The monoisotopic (exact) mass is 1610 g/mol. The number of phenolic OH excluding ortho intramolecular Hbond substituents is 3. The highest BCUT2D eigenvalue weighted by atomic mass is 16.5. The Balaban J connectivity index is 0.000000388. The van der Waals surface area contributed by atoms with Crippen LogP contribution in [0.25, 0.3) is 0 Å². The number of hydrogen-bond donors (Lipinski definition) is 4. The number of hydrogen-bond acceptors (Lipinski definition) is 13. The Kier molecular flexibility index (Phi) is 43.0. The molecule has 0 bridgehead atoms. The van der Waals surface area contributed by atoms with E-state index in [0.717, 1.165) is 89.2 Å². The number of carbonyl (C=O) groups is 1. The number of para-hydroxylation sites is 1. The van der Waals surface area contributed by atoms with E-state index >= 15 is 0 Å². The maximum atomic E-state index is 12.7. The highest BCUT2D eigenvalue weighted by Crippen LogP contribution is 2.45. The molecule has 0 fully saturated rings. The zero-order chi connectivity index (χ0) is 88.4. The molecule has 6 atom stereocenters. The Hall–Kier alpha value is -8.17. The van der Waals surface area contributed by atoms with Crippen LogP contribution in [-0.4, -0.2) is 74.7 Å². The van der Waals surface area contributed by atoms with Crippen molar-refractivity contribution in [1.29, 1.82) is 0 Å². The summed E-state index contributed by atoms with van der Waals surface area (Å²) in [5.41, 5.74) is 10.7. The molecular formula is C104H154O13. The van der Waals surface area contributed by atoms with Crippen molar-refractivity contribution in [3.8, 4) is 40.2 Å². The summed E-state index contributed by atoms with van der Waals surface area (Å²) in [5.74, 6) is 7.49. The molecule has 6 unspecified atom stereocenters. The number of benzene rings is 8. The zero-order valence-electron chi connectivity index (χ0n) is 77.9. The van der Waals surface area contributed by atoms with Crippen molar-refractivity contribution in [2.24, 2.45) is 11.8 Å². The molecular weight excluding hydrogens is 1460 g/mol. The summed E-state index contributed by atoms with van der Waals surface area (Å²) in [6, 6.07) is 57.4. The molecule has 0 spiro atoms. The predicted molar refractivity (Wildman–Crippen MR) is 488 cm³/mol. The van der Waals surface area contributed by atoms with Crippen LogP contribution in [0.5, 0.6) is 40.2 Å². The first-order chi connectivity index (χ1) is 54.9. The van der Waals surface area contributed by atoms with Crippen molar-refractivity contribution < 1.29 is 63.1 Å². The second-order valence-electron chi connectivity index (χ2n) is 35.0. The molecule has 0 heterocycles. The second-order valence-corrected chi connectivity index (χ2v) is 35.0. The molecule has 0 aliphatic carbocycles. The molecule has 0 amide bonds. The fraction of sp³-hybridized carbons (Fsp3) is 0.529. The van der Waals surface area contributed by atoms with Crippen LogP contribution in [0, 0.1) is 11.8 Å². The molecule has 0 radical (unpaired) electrons. The lowest BCUT2D eigenvalue weighted by molar-refractivity contribution is -0.135. The van der Waals surface area contributed by atoms with Crippen LogP contribution in [-0.2, 0) is 57.2 Å². The van der Waals surface area contributed by atoms with Crippen LogP contribution in [0.3, 0.4) is 0 Å². The minimum absolute atomic E-state index is 0.125. The van der Waals surface area contributed by atoms with Gasteiger partial charge >= 0.3 is 5.97 Å². The van der Waals surface area contributed by atoms with Crippen LogP contribution < -0.4 is 18.9 Å². The van der Waals surface area contributed by atoms with Crippen LogP contribution in [0.15, 0.2) is 176 Å². The Bertz CT molecular complexity index is 3930. The maximum absolute atomic E-state index is 12.7. The Morgan fingerprint density at radius 1 is 0.325 bits per heavy atom. The molecule has 0 aliphatic rings. The largest absolute Gasteiger partial charge is 0.508 e. The number of phenols is 3. The Morgan fingerprint density at radius 2 is 0.598 bits per heavy atom. The second kappa shape index (κ2) is 48.8. The van der Waals surface area contributed by atoms with E-state index in [1.54, 1.807) is 64.8 Å². The number of methoxy groups -OCH3 is 4. The van der Waals surface area contributed by atoms with Gasteiger partial charge < -0.3 is 58.3 Å². The van der Waals surface area contributed by atoms with E-state index in [1.165, 1.54) is 33.4 Å². The molecule has 4 N–H and O–H groups in total. The average Bonchev–Trinajstić information content (AvgIpc) is 0.766. The molecule has 13 nitrogen and oxygen atoms in total. The SMILES string of the molecule is CCC(C)c1ccc(C(O)(C(C)C)C(C)C)cc1.CCC(C)c1ccc(O)cc1.CCC(C)c1ccc(O)cc1.CCC(C)c1ccc(O)cc1.CCC(C)c1ccc(OCCC(=O)Oc2c(C(C)(C)OC)cccc2C(C)(C)OC)cc1.CCC(C)c1ccc(OCCOc2c(C(C)(C)C)cc(C(C)(C)OC)cc2C(C)(C)OC)cc1. The Morgan fingerprint density at radius 3 is 0.889 bits per heavy atom. The zero-order valence-corrected chi connectivity index (χ0v) is 77.9. The summed E-state index contributed by atoms with van der Waals surface area (Å²) in [5, 5.41) is 38.0. The third-order valence-electron chi connectivity index (χ3n) is 23.6. The van der Waals surface area contributed by atoms with Crippen molar-refractivity contribution in [2.45, 2.75) is 301 Å². The van der Waals surface area contributed by atoms with Gasteiger partial charge in [-0.25, -0.2) is 0 Å². The smallest absolute Gasteiger partial charge is 0.314 e. The summed E-state index contributed by atoms with van der Waals surface area (Å²) < 4.78 is 47.1. The predicted octanol–water partition coefficient (Wildman–Crippen LogP) is 27.5. The number of aliphatic hydroxyl groups is 1. The van der Waals surface area contributed by atoms with Crippen LogP contribution in [0.2, 0.25) is 0 Å². The maximum Gasteiger partial charge on any atom is 0.314 e. The lowest BCUT2D eigenvalue weighted by Crippen LogP contribution is -2.37. The van der Waals surface area contributed by atoms with E-state index in [2.05, 4.69) is 220 Å². The third-order valence-corrected chi connectivity index (χ3v) is 23.6. The molecule has 0 aliphatic heterocycles. The van der Waals surface area contributed by atoms with Gasteiger partial charge in [-0.1, -0.05) is 235 Å². The lowest BCUT2D eigenvalue weighted by Gasteiger charge is -2.37. The van der Waals surface area contributed by atoms with Gasteiger partial charge in [0.2, 0.25) is 0 Å². The number of ether oxygens (including phenoxy) is 8. The number of aromatic hydroxyl groups is 3. The topological polar surface area (TPSA) is 172 Å². The van der Waals surface area contributed by atoms with E-state index in [-0.39, 0.29) is 36.2 Å². The first-order valence-corrected chi connectivity index (χ1v) is 42.9. The highest BCUT2D eigenvalue weighted by Gasteiger charge is 2.38. The molecule has 0 saturated heterocycles. The molecule has 0 aromatic heterocycles. The van der Waals surface area contributed by atoms with Gasteiger partial charge in [-0.15, -0.1) is 0 Å². The number of carbonyl (C=O) groups excluding carboxylic acids is 1. The summed E-state index contributed by atoms with van der Waals surface area (Å²) in [6.45, 7) is 58.5. The first kappa shape index (κ1) is 103. The molecule has 13 heteroatoms. The van der Waals surface area contributed by atoms with Crippen molar-refractivity contribution >= 4 is 5.97 Å². The van der Waals surface area contributed by atoms with Crippen molar-refractivity contribution in [1.82, 2.24) is 0 Å². The molecule has 8 rings (SSSR count). The molecule has 8 aromatic carbocycles. The van der Waals surface area contributed by atoms with Crippen molar-refractivity contribution in [2.75, 3.05) is 48.3 Å². The van der Waals surface area contributed by atoms with Crippen molar-refractivity contribution in [3.63, 3.8) is 0 Å². The van der Waals surface area contributed by atoms with Gasteiger partial charge in [0.15, 0.2) is 0 Å². The lowest BCUT2D eigenvalue weighted by atomic mass is 9.75. The van der Waals surface area contributed by atoms with Crippen LogP contribution in [0.4, 0.5) is 0 Å². The number of esters is 1. The summed E-state index contributed by atoms with van der Waals surface area (Å²) in [4.78, 5) is 12.7. The van der Waals surface area contributed by atoms with E-state index in [1.807, 2.05) is 107 Å². The molecule has 648 valence electrons. The van der Waals surface area contributed by atoms with Gasteiger partial charge in [0.25, 0.3) is 0 Å². The summed E-state index contributed by atoms with van der Waals surface area (Å²) >= 11 is 0. The Labute approximate surface area is 709 Å². The average molecular weight is 1610 g/mol. The van der Waals surface area contributed by atoms with E-state index in [0.29, 0.717) is 71.7 Å². The summed E-state index contributed by atoms with van der Waals surface area (Å²) in [7, 11) is 6.76. The molecule has 0 saturated carbocycles. The molecule has 117 heavy (non-hydrogen) atoms. The van der Waals surface area contributed by atoms with E-state index < -0.39 is 28.0 Å². The van der Waals surface area contributed by atoms with Crippen molar-refractivity contribution in [3.05, 3.63) is 243 Å². The minimum Gasteiger partial charge on any atom is -0.508 e. The number of rotatable bonds is 33. The summed E-state index contributed by atoms with van der Waals surface area (Å²) in [6.07, 6.45) is 6.93. The third kappa shape index (κ3) is 31.8. The van der Waals surface area contributed by atoms with Gasteiger partial charge in [0.05, 0.1) is 41.0 Å². The van der Waals surface area contributed by atoms with Gasteiger partial charge in [-0.05, 0) is 264 Å². The highest BCUT2D eigenvalue weighted by molar-refractivity contribution is 5.74. The minimum atomic E-state index is -0.728. The fourth-order valence-electron chi connectivity index (χ4n) is 12.9. The van der Waals surface area contributed by atoms with E-state index in [9.17, 15) is 9.90 Å². The quantitative estimate of drug-likeness (QED) is 0.0174. The van der Waals surface area contributed by atoms with Gasteiger partial charge in [-0.3, -0.25) is 4.79 Å². The van der Waals surface area contributed by atoms with Crippen LogP contribution >= 0.6 is 0 Å². The van der Waals surface area contributed by atoms with Gasteiger partial charge in [0.1, 0.15) is 53.5 Å². The van der Waals surface area contributed by atoms with E-state index in [4.69, 9.17) is 53.2 Å².